The van der Waals surface area contributed by atoms with Crippen LogP contribution in [0.4, 0.5) is 0 Å². The maximum atomic E-state index is 12.8. The SMILES string of the molecule is CCCCCCCCCC/C=C/C(O)C(COC1OC(CO)C(OC2OC(CO)C(O)C(O)C2O)C(O)C1O)NC(=O)CCCCCCC. The van der Waals surface area contributed by atoms with Crippen LogP contribution in [0.1, 0.15) is 110 Å². The first-order valence-corrected chi connectivity index (χ1v) is 18.4. The highest BCUT2D eigenvalue weighted by molar-refractivity contribution is 5.76. The smallest absolute Gasteiger partial charge is 0.220 e. The quantitative estimate of drug-likeness (QED) is 0.0476. The van der Waals surface area contributed by atoms with Gasteiger partial charge in [0.05, 0.1) is 32.0 Å². The summed E-state index contributed by atoms with van der Waals surface area (Å²) in [6.07, 6.45) is 1.94. The number of rotatable bonds is 25. The first-order valence-electron chi connectivity index (χ1n) is 18.4. The Labute approximate surface area is 291 Å². The number of carbonyl (C=O) groups excluding carboxylic acids is 1. The minimum absolute atomic E-state index is 0.257. The van der Waals surface area contributed by atoms with Gasteiger partial charge in [0.25, 0.3) is 0 Å². The molecule has 14 heteroatoms. The largest absolute Gasteiger partial charge is 0.394 e. The lowest BCUT2D eigenvalue weighted by molar-refractivity contribution is -0.359. The monoisotopic (exact) mass is 707 g/mol. The van der Waals surface area contributed by atoms with E-state index in [9.17, 15) is 45.6 Å². The maximum Gasteiger partial charge on any atom is 0.220 e. The molecule has 0 spiro atoms. The normalized spacial score (nSPS) is 32.0. The van der Waals surface area contributed by atoms with Crippen molar-refractivity contribution >= 4 is 5.91 Å². The Bertz CT molecular complexity index is 894. The molecule has 2 aliphatic heterocycles. The van der Waals surface area contributed by atoms with Gasteiger partial charge >= 0.3 is 0 Å². The van der Waals surface area contributed by atoms with Crippen LogP contribution in [0.15, 0.2) is 12.2 Å². The average Bonchev–Trinajstić information content (AvgIpc) is 3.09. The van der Waals surface area contributed by atoms with E-state index in [1.165, 1.54) is 38.5 Å². The molecule has 2 aliphatic rings. The summed E-state index contributed by atoms with van der Waals surface area (Å²) in [4.78, 5) is 12.8. The van der Waals surface area contributed by atoms with Crippen LogP contribution >= 0.6 is 0 Å². The molecule has 0 bridgehead atoms. The van der Waals surface area contributed by atoms with E-state index in [1.54, 1.807) is 6.08 Å². The predicted octanol–water partition coefficient (Wildman–Crippen LogP) is 0.920. The summed E-state index contributed by atoms with van der Waals surface area (Å²) < 4.78 is 22.4. The number of ether oxygens (including phenoxy) is 4. The molecule has 288 valence electrons. The number of allylic oxidation sites excluding steroid dienone is 1. The summed E-state index contributed by atoms with van der Waals surface area (Å²) in [5, 5.41) is 85.6. The molecule has 0 aromatic rings. The molecule has 2 fully saturated rings. The Morgan fingerprint density at radius 1 is 0.714 bits per heavy atom. The second-order valence-electron chi connectivity index (χ2n) is 13.4. The topological polar surface area (TPSA) is 228 Å². The highest BCUT2D eigenvalue weighted by Gasteiger charge is 2.50. The van der Waals surface area contributed by atoms with Gasteiger partial charge in [-0.3, -0.25) is 4.79 Å². The highest BCUT2D eigenvalue weighted by atomic mass is 16.7. The Morgan fingerprint density at radius 2 is 1.27 bits per heavy atom. The fourth-order valence-electron chi connectivity index (χ4n) is 6.05. The predicted molar refractivity (Wildman–Crippen MR) is 180 cm³/mol. The molecule has 12 unspecified atom stereocenters. The third-order valence-corrected chi connectivity index (χ3v) is 9.22. The van der Waals surface area contributed by atoms with Crippen LogP contribution in [0, 0.1) is 0 Å². The molecule has 0 saturated carbocycles. The van der Waals surface area contributed by atoms with Gasteiger partial charge in [-0.05, 0) is 19.3 Å². The first-order chi connectivity index (χ1) is 23.6. The summed E-state index contributed by atoms with van der Waals surface area (Å²) in [5.41, 5.74) is 0. The molecule has 0 aromatic carbocycles. The van der Waals surface area contributed by atoms with E-state index < -0.39 is 86.8 Å². The molecule has 0 aliphatic carbocycles. The number of nitrogens with one attached hydrogen (secondary N) is 1. The van der Waals surface area contributed by atoms with Gasteiger partial charge in [-0.1, -0.05) is 96.6 Å². The van der Waals surface area contributed by atoms with Gasteiger partial charge in [-0.25, -0.2) is 0 Å². The van der Waals surface area contributed by atoms with Crippen LogP contribution in [0.5, 0.6) is 0 Å². The van der Waals surface area contributed by atoms with Crippen LogP contribution in [0.25, 0.3) is 0 Å². The van der Waals surface area contributed by atoms with Crippen molar-refractivity contribution in [3.8, 4) is 0 Å². The zero-order chi connectivity index (χ0) is 36.2. The maximum absolute atomic E-state index is 12.8. The number of carbonyl (C=O) groups is 1. The van der Waals surface area contributed by atoms with Crippen molar-refractivity contribution in [2.75, 3.05) is 19.8 Å². The van der Waals surface area contributed by atoms with Crippen LogP contribution in [-0.4, -0.2) is 140 Å². The standard InChI is InChI=1S/C35H65NO13/c1-3-5-7-9-10-11-12-13-15-16-18-24(39)23(36-27(40)19-17-14-8-6-4-2)22-46-34-32(45)30(43)33(26(21-38)48-34)49-35-31(44)29(42)28(41)25(20-37)47-35/h16,18,23-26,28-35,37-39,41-45H,3-15,17,19-22H2,1-2H3,(H,36,40)/b18-16+. The van der Waals surface area contributed by atoms with Crippen LogP contribution < -0.4 is 5.32 Å². The van der Waals surface area contributed by atoms with Crippen LogP contribution in [0.2, 0.25) is 0 Å². The van der Waals surface area contributed by atoms with Gasteiger partial charge < -0.3 is 65.1 Å². The zero-order valence-electron chi connectivity index (χ0n) is 29.4. The minimum Gasteiger partial charge on any atom is -0.394 e. The van der Waals surface area contributed by atoms with Gasteiger partial charge in [0.1, 0.15) is 48.8 Å². The number of aliphatic hydroxyl groups excluding tert-OH is 8. The van der Waals surface area contributed by atoms with Crippen molar-refractivity contribution in [1.82, 2.24) is 5.32 Å². The van der Waals surface area contributed by atoms with Crippen molar-refractivity contribution in [2.24, 2.45) is 0 Å². The number of amides is 1. The average molecular weight is 708 g/mol. The lowest BCUT2D eigenvalue weighted by atomic mass is 9.97. The zero-order valence-corrected chi connectivity index (χ0v) is 29.4. The fourth-order valence-corrected chi connectivity index (χ4v) is 6.05. The van der Waals surface area contributed by atoms with Gasteiger partial charge in [-0.15, -0.1) is 0 Å². The Kier molecular flexibility index (Phi) is 22.2. The summed E-state index contributed by atoms with van der Waals surface area (Å²) in [7, 11) is 0. The van der Waals surface area contributed by atoms with Crippen LogP contribution in [0.3, 0.4) is 0 Å². The van der Waals surface area contributed by atoms with Gasteiger partial charge in [0, 0.05) is 6.42 Å². The van der Waals surface area contributed by atoms with E-state index >= 15 is 0 Å². The molecule has 0 radical (unpaired) electrons. The van der Waals surface area contributed by atoms with E-state index in [4.69, 9.17) is 18.9 Å². The van der Waals surface area contributed by atoms with Crippen LogP contribution in [-0.2, 0) is 23.7 Å². The number of unbranched alkanes of at least 4 members (excludes halogenated alkanes) is 12. The van der Waals surface area contributed by atoms with E-state index in [0.717, 1.165) is 44.9 Å². The molecule has 14 nitrogen and oxygen atoms in total. The van der Waals surface area contributed by atoms with Gasteiger partial charge in [0.15, 0.2) is 12.6 Å². The summed E-state index contributed by atoms with van der Waals surface area (Å²) in [5.74, 6) is -0.257. The van der Waals surface area contributed by atoms with Gasteiger partial charge in [0.2, 0.25) is 5.91 Å². The summed E-state index contributed by atoms with van der Waals surface area (Å²) in [6.45, 7) is 2.60. The molecule has 9 N–H and O–H groups in total. The Balaban J connectivity index is 1.99. The van der Waals surface area contributed by atoms with E-state index in [2.05, 4.69) is 19.2 Å². The van der Waals surface area contributed by atoms with Crippen molar-refractivity contribution in [2.45, 2.75) is 184 Å². The van der Waals surface area contributed by atoms with Gasteiger partial charge in [-0.2, -0.15) is 0 Å². The number of aliphatic hydroxyl groups is 8. The summed E-state index contributed by atoms with van der Waals surface area (Å²) in [6, 6.07) is -0.901. The van der Waals surface area contributed by atoms with Crippen molar-refractivity contribution < 1.29 is 64.6 Å². The Morgan fingerprint density at radius 3 is 1.88 bits per heavy atom. The van der Waals surface area contributed by atoms with Crippen molar-refractivity contribution in [1.29, 1.82) is 0 Å². The number of hydrogen-bond donors (Lipinski definition) is 9. The molecular formula is C35H65NO13. The molecule has 1 amide bonds. The second kappa shape index (κ2) is 24.8. The van der Waals surface area contributed by atoms with E-state index in [-0.39, 0.29) is 18.9 Å². The fraction of sp³-hybridized carbons (Fsp3) is 0.914. The van der Waals surface area contributed by atoms with E-state index in [0.29, 0.717) is 6.42 Å². The second-order valence-corrected chi connectivity index (χ2v) is 13.4. The summed E-state index contributed by atoms with van der Waals surface area (Å²) >= 11 is 0. The number of hydrogen-bond acceptors (Lipinski definition) is 13. The Hall–Kier alpha value is -1.27. The molecule has 49 heavy (non-hydrogen) atoms. The third-order valence-electron chi connectivity index (χ3n) is 9.22. The molecule has 2 heterocycles. The molecule has 2 rings (SSSR count). The molecule has 0 aromatic heterocycles. The molecule has 2 saturated heterocycles. The minimum atomic E-state index is -1.78. The molecular weight excluding hydrogens is 642 g/mol. The highest BCUT2D eigenvalue weighted by Crippen LogP contribution is 2.29. The van der Waals surface area contributed by atoms with E-state index in [1.807, 2.05) is 6.08 Å². The lowest BCUT2D eigenvalue weighted by Gasteiger charge is -2.46. The first kappa shape index (κ1) is 43.9. The lowest BCUT2D eigenvalue weighted by Crippen LogP contribution is -2.65. The van der Waals surface area contributed by atoms with Crippen molar-refractivity contribution in [3.05, 3.63) is 12.2 Å². The third kappa shape index (κ3) is 15.1. The van der Waals surface area contributed by atoms with Crippen molar-refractivity contribution in [3.63, 3.8) is 0 Å². The molecule has 12 atom stereocenters.